The van der Waals surface area contributed by atoms with E-state index in [1.54, 1.807) is 35.6 Å². The molecular formula is C16H14N2OS. The van der Waals surface area contributed by atoms with Crippen LogP contribution in [-0.4, -0.2) is 17.4 Å². The third kappa shape index (κ3) is 2.33. The molecular weight excluding hydrogens is 268 g/mol. The summed E-state index contributed by atoms with van der Waals surface area (Å²) in [6.45, 7) is 0.788. The number of hydrogen-bond donors (Lipinski definition) is 0. The van der Waals surface area contributed by atoms with Crippen molar-refractivity contribution in [2.24, 2.45) is 0 Å². The molecule has 3 rings (SSSR count). The average Bonchev–Trinajstić information content (AvgIpc) is 3.16. The van der Waals surface area contributed by atoms with E-state index in [-0.39, 0.29) is 11.9 Å². The van der Waals surface area contributed by atoms with E-state index in [0.29, 0.717) is 11.1 Å². The Morgan fingerprint density at radius 1 is 1.40 bits per heavy atom. The second-order valence-corrected chi connectivity index (χ2v) is 5.69. The van der Waals surface area contributed by atoms with Crippen LogP contribution in [0.5, 0.6) is 0 Å². The van der Waals surface area contributed by atoms with Gasteiger partial charge in [0.1, 0.15) is 0 Å². The molecule has 0 N–H and O–H groups in total. The molecule has 20 heavy (non-hydrogen) atoms. The molecule has 1 aromatic carbocycles. The number of amides is 1. The predicted molar refractivity (Wildman–Crippen MR) is 78.5 cm³/mol. The Kier molecular flexibility index (Phi) is 3.53. The Morgan fingerprint density at radius 3 is 3.05 bits per heavy atom. The van der Waals surface area contributed by atoms with Crippen LogP contribution in [0.1, 0.15) is 40.4 Å². The minimum atomic E-state index is 0.0239. The van der Waals surface area contributed by atoms with Gasteiger partial charge >= 0.3 is 0 Å². The standard InChI is InChI=1S/C16H14N2OS/c17-10-12-3-1-4-13(9-12)16(19)18-7-2-5-15(18)14-6-8-20-11-14/h1,3-4,6,8-9,11,15H,2,5,7H2/t15-/m1/s1. The SMILES string of the molecule is N#Cc1cccc(C(=O)N2CCC[C@@H]2c2ccsc2)c1. The molecule has 0 spiro atoms. The third-order valence-electron chi connectivity index (χ3n) is 3.68. The van der Waals surface area contributed by atoms with Crippen molar-refractivity contribution in [3.63, 3.8) is 0 Å². The average molecular weight is 282 g/mol. The number of nitriles is 1. The number of thiophene rings is 1. The van der Waals surface area contributed by atoms with Gasteiger partial charge in [-0.3, -0.25) is 4.79 Å². The second-order valence-electron chi connectivity index (χ2n) is 4.91. The maximum Gasteiger partial charge on any atom is 0.254 e. The number of carbonyl (C=O) groups excluding carboxylic acids is 1. The summed E-state index contributed by atoms with van der Waals surface area (Å²) in [4.78, 5) is 14.6. The summed E-state index contributed by atoms with van der Waals surface area (Å²) in [6, 6.07) is 11.3. The van der Waals surface area contributed by atoms with Crippen LogP contribution in [0.2, 0.25) is 0 Å². The molecule has 0 aliphatic carbocycles. The molecule has 0 saturated carbocycles. The lowest BCUT2D eigenvalue weighted by molar-refractivity contribution is 0.0736. The highest BCUT2D eigenvalue weighted by atomic mass is 32.1. The molecule has 100 valence electrons. The lowest BCUT2D eigenvalue weighted by Gasteiger charge is -2.24. The summed E-state index contributed by atoms with van der Waals surface area (Å²) in [5, 5.41) is 13.1. The van der Waals surface area contributed by atoms with Crippen LogP contribution < -0.4 is 0 Å². The Bertz CT molecular complexity index is 657. The minimum Gasteiger partial charge on any atom is -0.332 e. The second kappa shape index (κ2) is 5.48. The van der Waals surface area contributed by atoms with Gasteiger partial charge in [-0.1, -0.05) is 6.07 Å². The zero-order chi connectivity index (χ0) is 13.9. The van der Waals surface area contributed by atoms with Gasteiger partial charge < -0.3 is 4.90 Å². The fourth-order valence-corrected chi connectivity index (χ4v) is 3.42. The zero-order valence-corrected chi connectivity index (χ0v) is 11.8. The molecule has 2 heterocycles. The normalized spacial score (nSPS) is 17.9. The van der Waals surface area contributed by atoms with E-state index in [1.807, 2.05) is 10.3 Å². The number of carbonyl (C=O) groups is 1. The van der Waals surface area contributed by atoms with Crippen LogP contribution in [0.25, 0.3) is 0 Å². The highest BCUT2D eigenvalue weighted by molar-refractivity contribution is 7.07. The first-order valence-corrected chi connectivity index (χ1v) is 7.57. The lowest BCUT2D eigenvalue weighted by atomic mass is 10.1. The summed E-state index contributed by atoms with van der Waals surface area (Å²) in [6.07, 6.45) is 2.05. The smallest absolute Gasteiger partial charge is 0.254 e. The molecule has 1 amide bonds. The fourth-order valence-electron chi connectivity index (χ4n) is 2.71. The van der Waals surface area contributed by atoms with Crippen molar-refractivity contribution in [3.8, 4) is 6.07 Å². The zero-order valence-electron chi connectivity index (χ0n) is 11.0. The first-order valence-electron chi connectivity index (χ1n) is 6.63. The first kappa shape index (κ1) is 12.9. The van der Waals surface area contributed by atoms with Crippen LogP contribution in [0.4, 0.5) is 0 Å². The van der Waals surface area contributed by atoms with E-state index in [0.717, 1.165) is 19.4 Å². The molecule has 0 radical (unpaired) electrons. The van der Waals surface area contributed by atoms with E-state index in [2.05, 4.69) is 17.5 Å². The summed E-state index contributed by atoms with van der Waals surface area (Å²) >= 11 is 1.66. The van der Waals surface area contributed by atoms with Crippen molar-refractivity contribution >= 4 is 17.2 Å². The maximum atomic E-state index is 12.6. The predicted octanol–water partition coefficient (Wildman–Crippen LogP) is 3.60. The van der Waals surface area contributed by atoms with E-state index >= 15 is 0 Å². The van der Waals surface area contributed by atoms with E-state index in [4.69, 9.17) is 5.26 Å². The minimum absolute atomic E-state index is 0.0239. The molecule has 1 aromatic heterocycles. The molecule has 3 nitrogen and oxygen atoms in total. The topological polar surface area (TPSA) is 44.1 Å². The lowest BCUT2D eigenvalue weighted by Crippen LogP contribution is -2.30. The number of likely N-dealkylation sites (tertiary alicyclic amines) is 1. The van der Waals surface area contributed by atoms with Crippen LogP contribution in [0, 0.1) is 11.3 Å². The van der Waals surface area contributed by atoms with Gasteiger partial charge in [-0.15, -0.1) is 0 Å². The molecule has 1 aliphatic rings. The summed E-state index contributed by atoms with van der Waals surface area (Å²) in [5.74, 6) is 0.0239. The van der Waals surface area contributed by atoms with Gasteiger partial charge in [0.25, 0.3) is 5.91 Å². The van der Waals surface area contributed by atoms with Crippen molar-refractivity contribution < 1.29 is 4.79 Å². The molecule has 1 saturated heterocycles. The molecule has 4 heteroatoms. The van der Waals surface area contributed by atoms with Gasteiger partial charge in [0, 0.05) is 12.1 Å². The van der Waals surface area contributed by atoms with E-state index < -0.39 is 0 Å². The Labute approximate surface area is 122 Å². The molecule has 1 fully saturated rings. The van der Waals surface area contributed by atoms with Crippen molar-refractivity contribution in [2.45, 2.75) is 18.9 Å². The molecule has 1 aliphatic heterocycles. The van der Waals surface area contributed by atoms with Crippen LogP contribution >= 0.6 is 11.3 Å². The van der Waals surface area contributed by atoms with Crippen LogP contribution in [0.15, 0.2) is 41.1 Å². The Morgan fingerprint density at radius 2 is 2.30 bits per heavy atom. The number of hydrogen-bond acceptors (Lipinski definition) is 3. The summed E-state index contributed by atoms with van der Waals surface area (Å²) < 4.78 is 0. The van der Waals surface area contributed by atoms with Crippen LogP contribution in [0.3, 0.4) is 0 Å². The molecule has 0 bridgehead atoms. The number of benzene rings is 1. The first-order chi connectivity index (χ1) is 9.79. The summed E-state index contributed by atoms with van der Waals surface area (Å²) in [7, 11) is 0. The van der Waals surface area contributed by atoms with Crippen molar-refractivity contribution in [1.82, 2.24) is 4.90 Å². The van der Waals surface area contributed by atoms with Gasteiger partial charge in [-0.05, 0) is 53.4 Å². The van der Waals surface area contributed by atoms with Crippen molar-refractivity contribution in [1.29, 1.82) is 5.26 Å². The van der Waals surface area contributed by atoms with Gasteiger partial charge in [0.05, 0.1) is 17.7 Å². The third-order valence-corrected chi connectivity index (χ3v) is 4.38. The largest absolute Gasteiger partial charge is 0.332 e. The van der Waals surface area contributed by atoms with Gasteiger partial charge in [-0.2, -0.15) is 16.6 Å². The highest BCUT2D eigenvalue weighted by Gasteiger charge is 2.30. The molecule has 0 unspecified atom stereocenters. The number of nitrogens with zero attached hydrogens (tertiary/aromatic N) is 2. The monoisotopic (exact) mass is 282 g/mol. The summed E-state index contributed by atoms with van der Waals surface area (Å²) in [5.41, 5.74) is 2.35. The van der Waals surface area contributed by atoms with Gasteiger partial charge in [-0.25, -0.2) is 0 Å². The van der Waals surface area contributed by atoms with E-state index in [9.17, 15) is 4.79 Å². The van der Waals surface area contributed by atoms with Gasteiger partial charge in [0.15, 0.2) is 0 Å². The Balaban J connectivity index is 1.88. The number of rotatable bonds is 2. The highest BCUT2D eigenvalue weighted by Crippen LogP contribution is 2.34. The van der Waals surface area contributed by atoms with E-state index in [1.165, 1.54) is 5.56 Å². The van der Waals surface area contributed by atoms with Crippen molar-refractivity contribution in [3.05, 3.63) is 57.8 Å². The molecule has 2 aromatic rings. The van der Waals surface area contributed by atoms with Crippen molar-refractivity contribution in [2.75, 3.05) is 6.54 Å². The maximum absolute atomic E-state index is 12.6. The quantitative estimate of drug-likeness (QED) is 0.844. The van der Waals surface area contributed by atoms with Gasteiger partial charge in [0.2, 0.25) is 0 Å². The fraction of sp³-hybridized carbons (Fsp3) is 0.250. The van der Waals surface area contributed by atoms with Crippen LogP contribution in [-0.2, 0) is 0 Å². The Hall–Kier alpha value is -2.12. The molecule has 1 atom stereocenters.